The minimum Gasteiger partial charge on any atom is -0.490 e. The van der Waals surface area contributed by atoms with E-state index in [0.717, 1.165) is 16.8 Å². The van der Waals surface area contributed by atoms with E-state index in [1.807, 2.05) is 26.0 Å². The van der Waals surface area contributed by atoms with Gasteiger partial charge < -0.3 is 19.5 Å². The number of carbonyl (C=O) groups excluding carboxylic acids is 1. The molecule has 2 fully saturated rings. The van der Waals surface area contributed by atoms with E-state index in [9.17, 15) is 14.3 Å². The zero-order valence-corrected chi connectivity index (χ0v) is 21.1. The quantitative estimate of drug-likeness (QED) is 0.620. The molecule has 2 aliphatic heterocycles. The van der Waals surface area contributed by atoms with Crippen LogP contribution in [-0.4, -0.2) is 76.9 Å². The zero-order valence-electron chi connectivity index (χ0n) is 20.3. The molecule has 7 nitrogen and oxygen atoms in total. The van der Waals surface area contributed by atoms with Crippen molar-refractivity contribution >= 4 is 17.5 Å². The Morgan fingerprint density at radius 2 is 1.97 bits per heavy atom. The summed E-state index contributed by atoms with van der Waals surface area (Å²) in [4.78, 5) is 21.4. The molecule has 3 heterocycles. The molecule has 9 heteroatoms. The number of nitrogens with zero attached hydrogens (tertiary/aromatic N) is 3. The lowest BCUT2D eigenvalue weighted by atomic mass is 9.95. The van der Waals surface area contributed by atoms with E-state index in [0.29, 0.717) is 62.9 Å². The van der Waals surface area contributed by atoms with Crippen LogP contribution in [0.3, 0.4) is 0 Å². The average molecular weight is 506 g/mol. The van der Waals surface area contributed by atoms with Crippen LogP contribution in [0.15, 0.2) is 30.5 Å². The van der Waals surface area contributed by atoms with Gasteiger partial charge in [0.2, 0.25) is 5.91 Å². The van der Waals surface area contributed by atoms with Crippen molar-refractivity contribution in [2.75, 3.05) is 39.4 Å². The zero-order chi connectivity index (χ0) is 25.0. The standard InChI is InChI=1S/C26H33ClFN3O4/c1-18-11-23(12-19(2)25(18)27)34-17-26(13-24(33)31-7-5-22(32)6-8-31)16-30(9-10-35-26)15-21-4-3-20(28)14-29-21/h3-4,11-12,14,22,32H,5-10,13,15-17H2,1-2H3/t26-/m0/s1. The molecular formula is C26H33ClFN3O4. The summed E-state index contributed by atoms with van der Waals surface area (Å²) < 4.78 is 25.8. The average Bonchev–Trinajstić information content (AvgIpc) is 2.83. The van der Waals surface area contributed by atoms with Crippen LogP contribution in [0.2, 0.25) is 5.02 Å². The molecule has 35 heavy (non-hydrogen) atoms. The van der Waals surface area contributed by atoms with E-state index in [-0.39, 0.29) is 30.9 Å². The monoisotopic (exact) mass is 505 g/mol. The number of benzene rings is 1. The van der Waals surface area contributed by atoms with Crippen LogP contribution < -0.4 is 4.74 Å². The molecule has 1 atom stereocenters. The molecule has 0 spiro atoms. The lowest BCUT2D eigenvalue weighted by Crippen LogP contribution is -2.57. The van der Waals surface area contributed by atoms with Gasteiger partial charge in [-0.05, 0) is 62.1 Å². The molecule has 4 rings (SSSR count). The van der Waals surface area contributed by atoms with Gasteiger partial charge in [0.05, 0.1) is 31.0 Å². The summed E-state index contributed by atoms with van der Waals surface area (Å²) in [5.74, 6) is 0.299. The van der Waals surface area contributed by atoms with Gasteiger partial charge in [0.1, 0.15) is 23.8 Å². The Morgan fingerprint density at radius 3 is 2.63 bits per heavy atom. The number of aliphatic hydroxyl groups excluding tert-OH is 1. The molecule has 1 aromatic carbocycles. The second kappa shape index (κ2) is 11.2. The van der Waals surface area contributed by atoms with Crippen molar-refractivity contribution in [3.8, 4) is 5.75 Å². The van der Waals surface area contributed by atoms with Gasteiger partial charge in [-0.25, -0.2) is 4.39 Å². The highest BCUT2D eigenvalue weighted by Crippen LogP contribution is 2.30. The fourth-order valence-electron chi connectivity index (χ4n) is 4.74. The summed E-state index contributed by atoms with van der Waals surface area (Å²) in [6, 6.07) is 6.85. The van der Waals surface area contributed by atoms with Gasteiger partial charge >= 0.3 is 0 Å². The van der Waals surface area contributed by atoms with E-state index in [1.165, 1.54) is 12.3 Å². The molecule has 1 amide bonds. The maximum atomic E-state index is 13.3. The predicted octanol–water partition coefficient (Wildman–Crippen LogP) is 3.51. The lowest BCUT2D eigenvalue weighted by molar-refractivity contribution is -0.158. The Bertz CT molecular complexity index is 1010. The van der Waals surface area contributed by atoms with Crippen LogP contribution in [0, 0.1) is 19.7 Å². The Hall–Kier alpha value is -2.26. The molecule has 0 aliphatic carbocycles. The van der Waals surface area contributed by atoms with Crippen molar-refractivity contribution in [2.45, 2.75) is 51.4 Å². The molecule has 1 N–H and O–H groups in total. The fourth-order valence-corrected chi connectivity index (χ4v) is 4.85. The van der Waals surface area contributed by atoms with E-state index in [4.69, 9.17) is 21.1 Å². The number of morpholine rings is 1. The third-order valence-electron chi connectivity index (χ3n) is 6.70. The first kappa shape index (κ1) is 25.8. The maximum absolute atomic E-state index is 13.3. The van der Waals surface area contributed by atoms with E-state index < -0.39 is 5.60 Å². The number of hydrogen-bond acceptors (Lipinski definition) is 6. The molecule has 0 bridgehead atoms. The number of amides is 1. The summed E-state index contributed by atoms with van der Waals surface area (Å²) in [5, 5.41) is 10.5. The van der Waals surface area contributed by atoms with Gasteiger partial charge in [0.25, 0.3) is 0 Å². The van der Waals surface area contributed by atoms with Crippen molar-refractivity contribution in [3.05, 3.63) is 58.1 Å². The molecule has 0 radical (unpaired) electrons. The third-order valence-corrected chi connectivity index (χ3v) is 7.30. The number of hydrogen-bond donors (Lipinski definition) is 1. The topological polar surface area (TPSA) is 75.1 Å². The fraction of sp³-hybridized carbons (Fsp3) is 0.538. The number of ether oxygens (including phenoxy) is 2. The predicted molar refractivity (Wildman–Crippen MR) is 131 cm³/mol. The van der Waals surface area contributed by atoms with Crippen LogP contribution in [-0.2, 0) is 16.1 Å². The van der Waals surface area contributed by atoms with Gasteiger partial charge in [-0.15, -0.1) is 0 Å². The van der Waals surface area contributed by atoms with Crippen molar-refractivity contribution in [1.29, 1.82) is 0 Å². The Balaban J connectivity index is 1.51. The minimum absolute atomic E-state index is 0.00859. The van der Waals surface area contributed by atoms with Gasteiger partial charge in [-0.3, -0.25) is 14.7 Å². The first-order chi connectivity index (χ1) is 16.7. The highest BCUT2D eigenvalue weighted by Gasteiger charge is 2.41. The summed E-state index contributed by atoms with van der Waals surface area (Å²) in [6.07, 6.45) is 2.20. The van der Waals surface area contributed by atoms with Crippen molar-refractivity contribution in [3.63, 3.8) is 0 Å². The number of rotatable bonds is 7. The van der Waals surface area contributed by atoms with Crippen LogP contribution in [0.4, 0.5) is 4.39 Å². The van der Waals surface area contributed by atoms with E-state index in [2.05, 4.69) is 9.88 Å². The lowest BCUT2D eigenvalue weighted by Gasteiger charge is -2.43. The Labute approximate surface area is 210 Å². The first-order valence-corrected chi connectivity index (χ1v) is 12.4. The van der Waals surface area contributed by atoms with Gasteiger partial charge in [0, 0.05) is 37.7 Å². The minimum atomic E-state index is -0.854. The summed E-state index contributed by atoms with van der Waals surface area (Å²) >= 11 is 6.31. The molecule has 0 saturated carbocycles. The van der Waals surface area contributed by atoms with Gasteiger partial charge in [-0.2, -0.15) is 0 Å². The molecular weight excluding hydrogens is 473 g/mol. The molecule has 0 unspecified atom stereocenters. The smallest absolute Gasteiger partial charge is 0.225 e. The number of aliphatic hydroxyl groups is 1. The number of carbonyl (C=O) groups is 1. The van der Waals surface area contributed by atoms with Crippen LogP contribution >= 0.6 is 11.6 Å². The number of likely N-dealkylation sites (tertiary alicyclic amines) is 1. The summed E-state index contributed by atoms with van der Waals surface area (Å²) in [7, 11) is 0. The number of pyridine rings is 1. The van der Waals surface area contributed by atoms with Crippen molar-refractivity contribution in [2.24, 2.45) is 0 Å². The third kappa shape index (κ3) is 6.70. The SMILES string of the molecule is Cc1cc(OC[C@]2(CC(=O)N3CCC(O)CC3)CN(Cc3ccc(F)cn3)CCO2)cc(C)c1Cl. The Morgan fingerprint density at radius 1 is 1.26 bits per heavy atom. The van der Waals surface area contributed by atoms with Crippen molar-refractivity contribution < 1.29 is 23.8 Å². The second-order valence-corrected chi connectivity index (χ2v) is 10.0. The van der Waals surface area contributed by atoms with Crippen LogP contribution in [0.5, 0.6) is 5.75 Å². The first-order valence-electron chi connectivity index (χ1n) is 12.1. The maximum Gasteiger partial charge on any atom is 0.225 e. The van der Waals surface area contributed by atoms with Gasteiger partial charge in [0.15, 0.2) is 0 Å². The normalized spacial score (nSPS) is 21.8. The molecule has 190 valence electrons. The molecule has 2 saturated heterocycles. The van der Waals surface area contributed by atoms with Crippen LogP contribution in [0.1, 0.15) is 36.1 Å². The summed E-state index contributed by atoms with van der Waals surface area (Å²) in [5.41, 5.74) is 1.75. The number of aryl methyl sites for hydroxylation is 2. The number of halogens is 2. The Kier molecular flexibility index (Phi) is 8.27. The van der Waals surface area contributed by atoms with Crippen molar-refractivity contribution in [1.82, 2.24) is 14.8 Å². The second-order valence-electron chi connectivity index (χ2n) is 9.66. The van der Waals surface area contributed by atoms with Gasteiger partial charge in [-0.1, -0.05) is 11.6 Å². The van der Waals surface area contributed by atoms with Crippen LogP contribution in [0.25, 0.3) is 0 Å². The molecule has 2 aromatic rings. The highest BCUT2D eigenvalue weighted by molar-refractivity contribution is 6.32. The largest absolute Gasteiger partial charge is 0.490 e. The summed E-state index contributed by atoms with van der Waals surface area (Å²) in [6.45, 7) is 7.24. The molecule has 2 aliphatic rings. The molecule has 1 aromatic heterocycles. The van der Waals surface area contributed by atoms with E-state index >= 15 is 0 Å². The number of piperidine rings is 1. The highest BCUT2D eigenvalue weighted by atomic mass is 35.5. The number of aromatic nitrogens is 1. The van der Waals surface area contributed by atoms with E-state index in [1.54, 1.807) is 11.0 Å².